The first-order valence-electron chi connectivity index (χ1n) is 10.5. The van der Waals surface area contributed by atoms with Gasteiger partial charge in [-0.15, -0.1) is 0 Å². The van der Waals surface area contributed by atoms with Gasteiger partial charge < -0.3 is 17.2 Å². The van der Waals surface area contributed by atoms with Crippen molar-refractivity contribution < 1.29 is 0 Å². The van der Waals surface area contributed by atoms with Gasteiger partial charge in [-0.3, -0.25) is 0 Å². The van der Waals surface area contributed by atoms with E-state index in [-0.39, 0.29) is 0 Å². The second-order valence-corrected chi connectivity index (χ2v) is 7.51. The minimum atomic E-state index is 0.805. The van der Waals surface area contributed by atoms with Crippen LogP contribution in [0.3, 0.4) is 0 Å². The van der Waals surface area contributed by atoms with Crippen LogP contribution in [0.1, 0.15) is 5.56 Å². The van der Waals surface area contributed by atoms with Crippen LogP contribution in [0.2, 0.25) is 0 Å². The number of nitrogen functional groups attached to an aromatic ring is 3. The summed E-state index contributed by atoms with van der Waals surface area (Å²) in [5.74, 6) is 0. The highest BCUT2D eigenvalue weighted by molar-refractivity contribution is 5.85. The highest BCUT2D eigenvalue weighted by Gasteiger charge is 1.94. The van der Waals surface area contributed by atoms with Crippen molar-refractivity contribution in [2.75, 3.05) is 17.2 Å². The minimum absolute atomic E-state index is 0.805. The van der Waals surface area contributed by atoms with Crippen LogP contribution < -0.4 is 17.2 Å². The predicted molar refractivity (Wildman–Crippen MR) is 140 cm³/mol. The lowest BCUT2D eigenvalue weighted by Crippen LogP contribution is -1.83. The first-order valence-corrected chi connectivity index (χ1v) is 10.5. The Labute approximate surface area is 190 Å². The molecule has 5 aromatic carbocycles. The molecule has 32 heavy (non-hydrogen) atoms. The van der Waals surface area contributed by atoms with Gasteiger partial charge in [0.1, 0.15) is 0 Å². The zero-order valence-electron chi connectivity index (χ0n) is 18.3. The van der Waals surface area contributed by atoms with Crippen molar-refractivity contribution in [2.24, 2.45) is 0 Å². The maximum atomic E-state index is 5.62. The average molecular weight is 420 g/mol. The largest absolute Gasteiger partial charge is 0.399 e. The molecule has 5 aromatic rings. The summed E-state index contributed by atoms with van der Waals surface area (Å²) in [5, 5.41) is 2.44. The number of aryl methyl sites for hydroxylation is 1. The van der Waals surface area contributed by atoms with Gasteiger partial charge in [-0.25, -0.2) is 0 Å². The Balaban J connectivity index is 0.000000140. The fraction of sp³-hybridized carbons (Fsp3) is 0.0345. The van der Waals surface area contributed by atoms with E-state index in [4.69, 9.17) is 17.2 Å². The number of fused-ring (bicyclic) bond motifs is 1. The van der Waals surface area contributed by atoms with E-state index in [1.54, 1.807) is 0 Å². The zero-order chi connectivity index (χ0) is 22.8. The smallest absolute Gasteiger partial charge is 0.0320 e. The van der Waals surface area contributed by atoms with Crippen LogP contribution in [-0.4, -0.2) is 0 Å². The summed E-state index contributed by atoms with van der Waals surface area (Å²) in [4.78, 5) is 0. The third kappa shape index (κ3) is 6.92. The molecule has 5 rings (SSSR count). The standard InChI is InChI=1S/C12H11N.C10H9N.C7H9N/c13-12-8-6-11(7-9-12)10-4-2-1-3-5-10;11-10-6-5-8-3-1-2-4-9(8)7-10;1-6-3-2-4-7(8)5-6/h1-9H,13H2;1-7H,11H2;2-5H,8H2,1H3. The molecular weight excluding hydrogens is 390 g/mol. The van der Waals surface area contributed by atoms with Crippen LogP contribution >= 0.6 is 0 Å². The molecule has 3 heteroatoms. The Hall–Kier alpha value is -4.24. The molecule has 0 aliphatic carbocycles. The molecule has 0 saturated carbocycles. The van der Waals surface area contributed by atoms with Gasteiger partial charge in [-0.1, -0.05) is 84.9 Å². The van der Waals surface area contributed by atoms with E-state index in [0.717, 1.165) is 17.1 Å². The summed E-state index contributed by atoms with van der Waals surface area (Å²) >= 11 is 0. The molecule has 0 aromatic heterocycles. The summed E-state index contributed by atoms with van der Waals surface area (Å²) in [7, 11) is 0. The molecule has 160 valence electrons. The maximum absolute atomic E-state index is 5.62. The van der Waals surface area contributed by atoms with Crippen molar-refractivity contribution in [3.05, 3.63) is 127 Å². The lowest BCUT2D eigenvalue weighted by atomic mass is 10.1. The SMILES string of the molecule is Cc1cccc(N)c1.Nc1ccc(-c2ccccc2)cc1.Nc1ccc2ccccc2c1. The molecule has 0 atom stereocenters. The summed E-state index contributed by atoms with van der Waals surface area (Å²) in [6.45, 7) is 2.02. The molecule has 0 radical (unpaired) electrons. The Morgan fingerprint density at radius 2 is 0.969 bits per heavy atom. The van der Waals surface area contributed by atoms with E-state index in [1.165, 1.54) is 27.5 Å². The molecular formula is C29H29N3. The molecule has 0 aliphatic heterocycles. The van der Waals surface area contributed by atoms with E-state index in [1.807, 2.05) is 104 Å². The Bertz CT molecular complexity index is 1230. The first-order chi connectivity index (χ1) is 15.5. The number of hydrogen-bond donors (Lipinski definition) is 3. The van der Waals surface area contributed by atoms with Gasteiger partial charge in [0.2, 0.25) is 0 Å². The number of hydrogen-bond acceptors (Lipinski definition) is 3. The van der Waals surface area contributed by atoms with E-state index < -0.39 is 0 Å². The fourth-order valence-electron chi connectivity index (χ4n) is 3.18. The number of rotatable bonds is 1. The topological polar surface area (TPSA) is 78.1 Å². The van der Waals surface area contributed by atoms with Crippen LogP contribution in [0.4, 0.5) is 17.1 Å². The van der Waals surface area contributed by atoms with Gasteiger partial charge in [-0.05, 0) is 70.8 Å². The highest BCUT2D eigenvalue weighted by atomic mass is 14.5. The van der Waals surface area contributed by atoms with E-state index in [2.05, 4.69) is 24.3 Å². The molecule has 0 aliphatic rings. The van der Waals surface area contributed by atoms with E-state index in [9.17, 15) is 0 Å². The van der Waals surface area contributed by atoms with E-state index >= 15 is 0 Å². The van der Waals surface area contributed by atoms with Crippen molar-refractivity contribution in [3.8, 4) is 11.1 Å². The predicted octanol–water partition coefficient (Wildman–Crippen LogP) is 6.94. The van der Waals surface area contributed by atoms with Gasteiger partial charge >= 0.3 is 0 Å². The van der Waals surface area contributed by atoms with Gasteiger partial charge in [-0.2, -0.15) is 0 Å². The maximum Gasteiger partial charge on any atom is 0.0320 e. The lowest BCUT2D eigenvalue weighted by Gasteiger charge is -2.00. The van der Waals surface area contributed by atoms with Crippen LogP contribution in [-0.2, 0) is 0 Å². The summed E-state index contributed by atoms with van der Waals surface area (Å²) < 4.78 is 0. The summed E-state index contributed by atoms with van der Waals surface area (Å²) in [5.41, 5.74) is 22.8. The molecule has 0 spiro atoms. The monoisotopic (exact) mass is 419 g/mol. The number of anilines is 3. The van der Waals surface area contributed by atoms with Gasteiger partial charge in [0.25, 0.3) is 0 Å². The van der Waals surface area contributed by atoms with Crippen molar-refractivity contribution in [1.29, 1.82) is 0 Å². The molecule has 0 fully saturated rings. The molecule has 0 unspecified atom stereocenters. The minimum Gasteiger partial charge on any atom is -0.399 e. The molecule has 0 saturated heterocycles. The second-order valence-electron chi connectivity index (χ2n) is 7.51. The third-order valence-electron chi connectivity index (χ3n) is 4.83. The Kier molecular flexibility index (Phi) is 7.88. The average Bonchev–Trinajstić information content (AvgIpc) is 2.81. The van der Waals surface area contributed by atoms with Gasteiger partial charge in [0.15, 0.2) is 0 Å². The quantitative estimate of drug-likeness (QED) is 0.258. The zero-order valence-corrected chi connectivity index (χ0v) is 18.3. The lowest BCUT2D eigenvalue weighted by molar-refractivity contribution is 1.47. The summed E-state index contributed by atoms with van der Waals surface area (Å²) in [6, 6.07) is 40.1. The van der Waals surface area contributed by atoms with Crippen molar-refractivity contribution >= 4 is 27.8 Å². The second kappa shape index (κ2) is 11.2. The molecule has 0 heterocycles. The Morgan fingerprint density at radius 3 is 1.59 bits per heavy atom. The third-order valence-corrected chi connectivity index (χ3v) is 4.83. The highest BCUT2D eigenvalue weighted by Crippen LogP contribution is 2.19. The van der Waals surface area contributed by atoms with Crippen molar-refractivity contribution in [1.82, 2.24) is 0 Å². The van der Waals surface area contributed by atoms with Gasteiger partial charge in [0.05, 0.1) is 0 Å². The Morgan fingerprint density at radius 1 is 0.406 bits per heavy atom. The molecule has 0 bridgehead atoms. The molecule has 0 amide bonds. The normalized spacial score (nSPS) is 9.78. The summed E-state index contributed by atoms with van der Waals surface area (Å²) in [6.07, 6.45) is 0. The first kappa shape index (κ1) is 22.4. The van der Waals surface area contributed by atoms with Crippen molar-refractivity contribution in [2.45, 2.75) is 6.92 Å². The van der Waals surface area contributed by atoms with E-state index in [0.29, 0.717) is 0 Å². The number of nitrogens with two attached hydrogens (primary N) is 3. The van der Waals surface area contributed by atoms with Crippen molar-refractivity contribution in [3.63, 3.8) is 0 Å². The fourth-order valence-corrected chi connectivity index (χ4v) is 3.18. The molecule has 3 nitrogen and oxygen atoms in total. The van der Waals surface area contributed by atoms with Crippen LogP contribution in [0.15, 0.2) is 121 Å². The van der Waals surface area contributed by atoms with Gasteiger partial charge in [0, 0.05) is 17.1 Å². The van der Waals surface area contributed by atoms with Crippen LogP contribution in [0, 0.1) is 6.92 Å². The number of benzene rings is 5. The molecule has 6 N–H and O–H groups in total. The van der Waals surface area contributed by atoms with Crippen LogP contribution in [0.25, 0.3) is 21.9 Å². The van der Waals surface area contributed by atoms with Crippen LogP contribution in [0.5, 0.6) is 0 Å².